The van der Waals surface area contributed by atoms with Crippen molar-refractivity contribution in [2.24, 2.45) is 0 Å². The highest BCUT2D eigenvalue weighted by atomic mass is 19.1. The molecule has 2 N–H and O–H groups in total. The molecule has 0 aliphatic rings. The minimum atomic E-state index is -0.775. The molecule has 0 radical (unpaired) electrons. The molecule has 5 aromatic rings. The lowest BCUT2D eigenvalue weighted by molar-refractivity contribution is 0.580. The van der Waals surface area contributed by atoms with Crippen molar-refractivity contribution < 1.29 is 8.78 Å². The number of nitrogens with one attached hydrogen (secondary N) is 2. The van der Waals surface area contributed by atoms with Crippen LogP contribution in [-0.2, 0) is 6.42 Å². The highest BCUT2D eigenvalue weighted by Gasteiger charge is 2.16. The van der Waals surface area contributed by atoms with E-state index in [1.165, 1.54) is 17.2 Å². The first kappa shape index (κ1) is 19.7. The predicted octanol–water partition coefficient (Wildman–Crippen LogP) is 3.29. The first-order valence-electron chi connectivity index (χ1n) is 9.87. The van der Waals surface area contributed by atoms with Crippen LogP contribution in [-0.4, -0.2) is 36.0 Å². The monoisotopic (exact) mass is 433 g/mol. The second kappa shape index (κ2) is 7.80. The van der Waals surface area contributed by atoms with Gasteiger partial charge in [-0.2, -0.15) is 0 Å². The number of nitrogens with zero attached hydrogens (tertiary/aromatic N) is 5. The van der Waals surface area contributed by atoms with E-state index < -0.39 is 11.6 Å². The van der Waals surface area contributed by atoms with Gasteiger partial charge in [-0.15, -0.1) is 0 Å². The second-order valence-corrected chi connectivity index (χ2v) is 7.27. The van der Waals surface area contributed by atoms with Crippen molar-refractivity contribution in [3.05, 3.63) is 82.4 Å². The summed E-state index contributed by atoms with van der Waals surface area (Å²) in [7, 11) is 0. The van der Waals surface area contributed by atoms with Crippen molar-refractivity contribution in [1.29, 1.82) is 0 Å². The number of fused-ring (bicyclic) bond motifs is 2. The summed E-state index contributed by atoms with van der Waals surface area (Å²) in [6.07, 6.45) is 3.21. The molecule has 3 aromatic heterocycles. The second-order valence-electron chi connectivity index (χ2n) is 7.27. The number of halogens is 2. The van der Waals surface area contributed by atoms with E-state index in [9.17, 15) is 13.6 Å². The number of aromatic nitrogens is 6. The van der Waals surface area contributed by atoms with Crippen molar-refractivity contribution in [3.63, 3.8) is 0 Å². The molecular formula is C22H17F2N7O. The van der Waals surface area contributed by atoms with E-state index in [2.05, 4.69) is 30.2 Å². The Morgan fingerprint density at radius 1 is 1.09 bits per heavy atom. The Morgan fingerprint density at radius 3 is 2.72 bits per heavy atom. The molecule has 0 saturated heterocycles. The summed E-state index contributed by atoms with van der Waals surface area (Å²) in [6.45, 7) is 2.15. The van der Waals surface area contributed by atoms with Crippen molar-refractivity contribution in [3.8, 4) is 5.69 Å². The number of anilines is 1. The Balaban J connectivity index is 1.58. The molecule has 0 atom stereocenters. The minimum absolute atomic E-state index is 0.0816. The Kier molecular flexibility index (Phi) is 4.81. The van der Waals surface area contributed by atoms with Crippen LogP contribution in [0.5, 0.6) is 0 Å². The summed E-state index contributed by atoms with van der Waals surface area (Å²) in [5, 5.41) is 3.58. The average molecular weight is 433 g/mol. The van der Waals surface area contributed by atoms with Gasteiger partial charge in [-0.1, -0.05) is 12.1 Å². The predicted molar refractivity (Wildman–Crippen MR) is 116 cm³/mol. The van der Waals surface area contributed by atoms with Gasteiger partial charge in [0.15, 0.2) is 11.5 Å². The number of hydrogen-bond acceptors (Lipinski definition) is 6. The lowest BCUT2D eigenvalue weighted by Crippen LogP contribution is -2.26. The largest absolute Gasteiger partial charge is 0.368 e. The molecule has 0 saturated carbocycles. The van der Waals surface area contributed by atoms with Gasteiger partial charge in [0, 0.05) is 19.0 Å². The molecule has 0 fully saturated rings. The highest BCUT2D eigenvalue weighted by molar-refractivity contribution is 5.82. The summed E-state index contributed by atoms with van der Waals surface area (Å²) >= 11 is 0. The zero-order valence-corrected chi connectivity index (χ0v) is 16.9. The summed E-state index contributed by atoms with van der Waals surface area (Å²) in [5.41, 5.74) is 2.13. The summed E-state index contributed by atoms with van der Waals surface area (Å²) < 4.78 is 29.2. The maximum absolute atomic E-state index is 13.9. The number of aryl methyl sites for hydroxylation is 1. The minimum Gasteiger partial charge on any atom is -0.368 e. The molecule has 8 nitrogen and oxygen atoms in total. The number of aromatic amines is 1. The van der Waals surface area contributed by atoms with Crippen molar-refractivity contribution in [2.75, 3.05) is 11.9 Å². The first-order valence-corrected chi connectivity index (χ1v) is 9.87. The molecule has 3 heterocycles. The number of hydrogen-bond donors (Lipinski definition) is 2. The van der Waals surface area contributed by atoms with Crippen molar-refractivity contribution in [1.82, 2.24) is 29.5 Å². The van der Waals surface area contributed by atoms with Gasteiger partial charge in [0.1, 0.15) is 29.3 Å². The normalized spacial score (nSPS) is 11.3. The molecular weight excluding hydrogens is 416 g/mol. The number of imidazole rings is 1. The molecule has 2 aromatic carbocycles. The molecule has 0 amide bonds. The van der Waals surface area contributed by atoms with E-state index in [1.54, 1.807) is 19.1 Å². The maximum Gasteiger partial charge on any atom is 0.266 e. The van der Waals surface area contributed by atoms with Crippen LogP contribution in [0.15, 0.2) is 53.8 Å². The smallest absolute Gasteiger partial charge is 0.266 e. The lowest BCUT2D eigenvalue weighted by atomic mass is 10.1. The molecule has 0 aliphatic carbocycles. The molecule has 10 heteroatoms. The van der Waals surface area contributed by atoms with Gasteiger partial charge in [0.05, 0.1) is 22.9 Å². The molecule has 5 rings (SSSR count). The summed E-state index contributed by atoms with van der Waals surface area (Å²) in [6, 6.07) is 8.36. The zero-order chi connectivity index (χ0) is 22.2. The fourth-order valence-electron chi connectivity index (χ4n) is 3.74. The highest BCUT2D eigenvalue weighted by Crippen LogP contribution is 2.19. The molecule has 0 spiro atoms. The SMILES string of the molecule is Cc1cccc2nc(CCNc3ncnc4nc[nH]c34)n(-c3cc(F)cc(F)c3)c(=O)c12. The van der Waals surface area contributed by atoms with E-state index in [1.807, 2.05) is 6.07 Å². The van der Waals surface area contributed by atoms with Gasteiger partial charge in [0.25, 0.3) is 5.56 Å². The van der Waals surface area contributed by atoms with Crippen LogP contribution in [0.4, 0.5) is 14.6 Å². The van der Waals surface area contributed by atoms with Crippen LogP contribution >= 0.6 is 0 Å². The first-order chi connectivity index (χ1) is 15.5. The third-order valence-corrected chi connectivity index (χ3v) is 5.14. The fraction of sp³-hybridized carbons (Fsp3) is 0.136. The van der Waals surface area contributed by atoms with E-state index in [0.29, 0.717) is 40.3 Å². The van der Waals surface area contributed by atoms with E-state index in [0.717, 1.165) is 23.8 Å². The van der Waals surface area contributed by atoms with Gasteiger partial charge in [-0.05, 0) is 30.7 Å². The quantitative estimate of drug-likeness (QED) is 0.441. The Hall–Kier alpha value is -4.21. The van der Waals surface area contributed by atoms with Crippen LogP contribution in [0.3, 0.4) is 0 Å². The fourth-order valence-corrected chi connectivity index (χ4v) is 3.74. The topological polar surface area (TPSA) is 101 Å². The average Bonchev–Trinajstić information content (AvgIpc) is 3.23. The van der Waals surface area contributed by atoms with Crippen LogP contribution < -0.4 is 10.9 Å². The van der Waals surface area contributed by atoms with Gasteiger partial charge >= 0.3 is 0 Å². The van der Waals surface area contributed by atoms with Gasteiger partial charge in [-0.3, -0.25) is 9.36 Å². The molecule has 0 bridgehead atoms. The van der Waals surface area contributed by atoms with E-state index >= 15 is 0 Å². The third kappa shape index (κ3) is 3.45. The van der Waals surface area contributed by atoms with Crippen molar-refractivity contribution >= 4 is 27.9 Å². The van der Waals surface area contributed by atoms with Crippen molar-refractivity contribution in [2.45, 2.75) is 13.3 Å². The standard InChI is InChI=1S/C22H17F2N7O/c1-12-3-2-4-16-18(12)22(32)31(15-8-13(23)7-14(24)9-15)17(30-16)5-6-25-20-19-21(27-10-26-19)29-11-28-20/h2-4,7-11H,5-6H2,1H3,(H2,25,26,27,28,29). The van der Waals surface area contributed by atoms with Crippen LogP contribution in [0.1, 0.15) is 11.4 Å². The molecule has 0 unspecified atom stereocenters. The molecule has 160 valence electrons. The molecule has 32 heavy (non-hydrogen) atoms. The Morgan fingerprint density at radius 2 is 1.91 bits per heavy atom. The Bertz CT molecular complexity index is 1510. The number of H-pyrrole nitrogens is 1. The maximum atomic E-state index is 13.9. The zero-order valence-electron chi connectivity index (χ0n) is 16.9. The van der Waals surface area contributed by atoms with E-state index in [4.69, 9.17) is 0 Å². The molecule has 0 aliphatic heterocycles. The van der Waals surface area contributed by atoms with Crippen LogP contribution in [0.2, 0.25) is 0 Å². The van der Waals surface area contributed by atoms with Gasteiger partial charge < -0.3 is 10.3 Å². The number of rotatable bonds is 5. The van der Waals surface area contributed by atoms with Gasteiger partial charge in [0.2, 0.25) is 0 Å². The van der Waals surface area contributed by atoms with E-state index in [-0.39, 0.29) is 17.7 Å². The van der Waals surface area contributed by atoms with Gasteiger partial charge in [-0.25, -0.2) is 28.7 Å². The number of benzene rings is 2. The lowest BCUT2D eigenvalue weighted by Gasteiger charge is -2.15. The Labute approximate surface area is 180 Å². The van der Waals surface area contributed by atoms with Crippen LogP contribution in [0, 0.1) is 18.6 Å². The van der Waals surface area contributed by atoms with Crippen LogP contribution in [0.25, 0.3) is 27.8 Å². The third-order valence-electron chi connectivity index (χ3n) is 5.14. The summed E-state index contributed by atoms with van der Waals surface area (Å²) in [4.78, 5) is 33.4. The summed E-state index contributed by atoms with van der Waals surface area (Å²) in [5.74, 6) is -0.637.